The zero-order valence-electron chi connectivity index (χ0n) is 10.5. The van der Waals surface area contributed by atoms with Gasteiger partial charge in [-0.15, -0.1) is 11.3 Å². The van der Waals surface area contributed by atoms with E-state index >= 15 is 0 Å². The van der Waals surface area contributed by atoms with E-state index in [1.165, 1.54) is 4.88 Å². The van der Waals surface area contributed by atoms with Crippen molar-refractivity contribution in [1.82, 2.24) is 4.98 Å². The fourth-order valence-corrected chi connectivity index (χ4v) is 2.54. The van der Waals surface area contributed by atoms with E-state index in [-0.39, 0.29) is 0 Å². The van der Waals surface area contributed by atoms with Crippen LogP contribution in [0.15, 0.2) is 23.7 Å². The number of ether oxygens (including phenoxy) is 1. The first-order valence-electron chi connectivity index (χ1n) is 5.79. The Labute approximate surface area is 110 Å². The second kappa shape index (κ2) is 5.78. The third kappa shape index (κ3) is 2.76. The first kappa shape index (κ1) is 12.8. The molecule has 0 amide bonds. The highest BCUT2D eigenvalue weighted by Gasteiger charge is 2.07. The van der Waals surface area contributed by atoms with Gasteiger partial charge < -0.3 is 4.74 Å². The Morgan fingerprint density at radius 1 is 1.39 bits per heavy atom. The highest BCUT2D eigenvalue weighted by Crippen LogP contribution is 2.22. The van der Waals surface area contributed by atoms with Crippen molar-refractivity contribution >= 4 is 17.6 Å². The van der Waals surface area contributed by atoms with Crippen LogP contribution in [0.4, 0.5) is 0 Å². The van der Waals surface area contributed by atoms with Gasteiger partial charge >= 0.3 is 0 Å². The highest BCUT2D eigenvalue weighted by molar-refractivity contribution is 7.09. The average molecular weight is 261 g/mol. The van der Waals surface area contributed by atoms with Crippen molar-refractivity contribution in [2.45, 2.75) is 20.3 Å². The number of aryl methyl sites for hydroxylation is 2. The molecule has 0 saturated heterocycles. The number of aldehydes is 1. The maximum atomic E-state index is 10.9. The normalized spacial score (nSPS) is 10.3. The molecule has 2 aromatic rings. The van der Waals surface area contributed by atoms with Crippen LogP contribution in [0.1, 0.15) is 26.5 Å². The predicted octanol–water partition coefficient (Wildman–Crippen LogP) is 3.19. The lowest BCUT2D eigenvalue weighted by molar-refractivity contribution is 0.111. The number of carbonyl (C=O) groups is 1. The summed E-state index contributed by atoms with van der Waals surface area (Å²) in [5, 5.41) is 0. The average Bonchev–Trinajstić information content (AvgIpc) is 2.77. The van der Waals surface area contributed by atoms with Crippen LogP contribution in [0.5, 0.6) is 5.75 Å². The SMILES string of the molecule is Cc1cccc(C=O)c1OCCc1scnc1C. The molecule has 0 spiro atoms. The van der Waals surface area contributed by atoms with Gasteiger partial charge in [-0.25, -0.2) is 4.98 Å². The lowest BCUT2D eigenvalue weighted by Gasteiger charge is -2.10. The molecule has 94 valence electrons. The number of para-hydroxylation sites is 1. The Hall–Kier alpha value is -1.68. The topological polar surface area (TPSA) is 39.2 Å². The second-order valence-electron chi connectivity index (χ2n) is 4.07. The van der Waals surface area contributed by atoms with Gasteiger partial charge in [0.05, 0.1) is 23.4 Å². The van der Waals surface area contributed by atoms with Crippen molar-refractivity contribution in [3.8, 4) is 5.75 Å². The van der Waals surface area contributed by atoms with Crippen LogP contribution in [0.25, 0.3) is 0 Å². The predicted molar refractivity (Wildman–Crippen MR) is 72.6 cm³/mol. The summed E-state index contributed by atoms with van der Waals surface area (Å²) in [5.41, 5.74) is 4.50. The van der Waals surface area contributed by atoms with Crippen LogP contribution in [-0.4, -0.2) is 17.9 Å². The molecule has 0 fully saturated rings. The molecule has 2 rings (SSSR count). The van der Waals surface area contributed by atoms with Crippen LogP contribution in [-0.2, 0) is 6.42 Å². The molecular formula is C14H15NO2S. The van der Waals surface area contributed by atoms with Crippen molar-refractivity contribution in [1.29, 1.82) is 0 Å². The van der Waals surface area contributed by atoms with Gasteiger partial charge in [-0.1, -0.05) is 12.1 Å². The molecule has 0 aliphatic carbocycles. The van der Waals surface area contributed by atoms with Crippen molar-refractivity contribution in [2.24, 2.45) is 0 Å². The van der Waals surface area contributed by atoms with Crippen molar-refractivity contribution in [3.63, 3.8) is 0 Å². The molecule has 0 radical (unpaired) electrons. The van der Waals surface area contributed by atoms with Crippen molar-refractivity contribution in [2.75, 3.05) is 6.61 Å². The van der Waals surface area contributed by atoms with Crippen molar-refractivity contribution < 1.29 is 9.53 Å². The van der Waals surface area contributed by atoms with Gasteiger partial charge in [0.15, 0.2) is 6.29 Å². The fourth-order valence-electron chi connectivity index (χ4n) is 1.78. The molecule has 0 unspecified atom stereocenters. The molecule has 0 aliphatic rings. The Bertz CT molecular complexity index is 548. The Morgan fingerprint density at radius 2 is 2.22 bits per heavy atom. The number of carbonyl (C=O) groups excluding carboxylic acids is 1. The van der Waals surface area contributed by atoms with Crippen LogP contribution >= 0.6 is 11.3 Å². The Kier molecular flexibility index (Phi) is 4.10. The lowest BCUT2D eigenvalue weighted by atomic mass is 10.1. The second-order valence-corrected chi connectivity index (χ2v) is 5.01. The van der Waals surface area contributed by atoms with Crippen molar-refractivity contribution in [3.05, 3.63) is 45.4 Å². The highest BCUT2D eigenvalue weighted by atomic mass is 32.1. The smallest absolute Gasteiger partial charge is 0.153 e. The third-order valence-corrected chi connectivity index (χ3v) is 3.78. The number of thiazole rings is 1. The maximum Gasteiger partial charge on any atom is 0.153 e. The fraction of sp³-hybridized carbons (Fsp3) is 0.286. The van der Waals surface area contributed by atoms with E-state index in [1.54, 1.807) is 17.4 Å². The van der Waals surface area contributed by atoms with E-state index in [1.807, 2.05) is 31.5 Å². The Balaban J connectivity index is 2.02. The molecule has 0 saturated carbocycles. The first-order chi connectivity index (χ1) is 8.72. The van der Waals surface area contributed by atoms with E-state index in [2.05, 4.69) is 4.98 Å². The molecule has 0 N–H and O–H groups in total. The quantitative estimate of drug-likeness (QED) is 0.776. The molecule has 0 aliphatic heterocycles. The molecule has 18 heavy (non-hydrogen) atoms. The van der Waals surface area contributed by atoms with Gasteiger partial charge in [-0.2, -0.15) is 0 Å². The summed E-state index contributed by atoms with van der Waals surface area (Å²) in [5.74, 6) is 0.690. The van der Waals surface area contributed by atoms with Gasteiger partial charge in [0, 0.05) is 11.3 Å². The molecule has 1 heterocycles. The van der Waals surface area contributed by atoms with Crippen LogP contribution < -0.4 is 4.74 Å². The van der Waals surface area contributed by atoms with E-state index in [9.17, 15) is 4.79 Å². The summed E-state index contributed by atoms with van der Waals surface area (Å²) >= 11 is 1.64. The van der Waals surface area contributed by atoms with Crippen LogP contribution in [0, 0.1) is 13.8 Å². The summed E-state index contributed by atoms with van der Waals surface area (Å²) in [6.07, 6.45) is 1.66. The lowest BCUT2D eigenvalue weighted by Crippen LogP contribution is -2.04. The number of aromatic nitrogens is 1. The number of hydrogen-bond donors (Lipinski definition) is 0. The minimum Gasteiger partial charge on any atom is -0.492 e. The monoisotopic (exact) mass is 261 g/mol. The summed E-state index contributed by atoms with van der Waals surface area (Å²) < 4.78 is 5.73. The summed E-state index contributed by atoms with van der Waals surface area (Å²) in [6.45, 7) is 4.51. The Morgan fingerprint density at radius 3 is 2.89 bits per heavy atom. The van der Waals surface area contributed by atoms with E-state index < -0.39 is 0 Å². The zero-order chi connectivity index (χ0) is 13.0. The molecule has 4 heteroatoms. The van der Waals surface area contributed by atoms with Gasteiger partial charge in [-0.05, 0) is 25.5 Å². The number of nitrogens with zero attached hydrogens (tertiary/aromatic N) is 1. The van der Waals surface area contributed by atoms with Gasteiger partial charge in [-0.3, -0.25) is 4.79 Å². The van der Waals surface area contributed by atoms with E-state index in [0.29, 0.717) is 17.9 Å². The summed E-state index contributed by atoms with van der Waals surface area (Å²) in [4.78, 5) is 16.4. The van der Waals surface area contributed by atoms with Gasteiger partial charge in [0.2, 0.25) is 0 Å². The third-order valence-electron chi connectivity index (χ3n) is 2.79. The zero-order valence-corrected chi connectivity index (χ0v) is 11.3. The van der Waals surface area contributed by atoms with E-state index in [4.69, 9.17) is 4.74 Å². The minimum atomic E-state index is 0.564. The maximum absolute atomic E-state index is 10.9. The number of hydrogen-bond acceptors (Lipinski definition) is 4. The van der Waals surface area contributed by atoms with Gasteiger partial charge in [0.1, 0.15) is 5.75 Å². The largest absolute Gasteiger partial charge is 0.492 e. The van der Waals surface area contributed by atoms with Gasteiger partial charge in [0.25, 0.3) is 0 Å². The molecule has 0 bridgehead atoms. The molecule has 1 aromatic carbocycles. The summed E-state index contributed by atoms with van der Waals surface area (Å²) in [6, 6.07) is 5.58. The molecular weight excluding hydrogens is 246 g/mol. The molecule has 3 nitrogen and oxygen atoms in total. The molecule has 1 aromatic heterocycles. The number of benzene rings is 1. The minimum absolute atomic E-state index is 0.564. The van der Waals surface area contributed by atoms with Crippen LogP contribution in [0.2, 0.25) is 0 Å². The van der Waals surface area contributed by atoms with E-state index in [0.717, 1.165) is 24.0 Å². The number of rotatable bonds is 5. The summed E-state index contributed by atoms with van der Waals surface area (Å²) in [7, 11) is 0. The van der Waals surface area contributed by atoms with Crippen LogP contribution in [0.3, 0.4) is 0 Å². The first-order valence-corrected chi connectivity index (χ1v) is 6.67. The standard InChI is InChI=1S/C14H15NO2S/c1-10-4-3-5-12(8-16)14(10)17-7-6-13-11(2)15-9-18-13/h3-5,8-9H,6-7H2,1-2H3. The molecule has 0 atom stereocenters.